The zero-order valence-electron chi connectivity index (χ0n) is 16.1. The van der Waals surface area contributed by atoms with Gasteiger partial charge in [0, 0.05) is 18.6 Å². The molecule has 152 valence electrons. The summed E-state index contributed by atoms with van der Waals surface area (Å²) in [6.07, 6.45) is 12.2. The summed E-state index contributed by atoms with van der Waals surface area (Å²) in [5.74, 6) is 2.55. The van der Waals surface area contributed by atoms with Crippen molar-refractivity contribution in [2.45, 2.75) is 83.2 Å². The average molecular weight is 497 g/mol. The fourth-order valence-corrected chi connectivity index (χ4v) is 6.42. The number of nitrogens with one attached hydrogen (secondary N) is 2. The number of rotatable bonds is 4. The standard InChI is InChI=1S/C19H35N3O2S.HI/c1-15-6-5-9-18(12-15)22-19(21-17-7-3-2-4-8-17)20-13-16-10-11-25(23,24)14-16;/h15-18H,2-14H2,1H3,(H2,20,21,22);1H. The summed E-state index contributed by atoms with van der Waals surface area (Å²) >= 11 is 0. The van der Waals surface area contributed by atoms with E-state index in [1.54, 1.807) is 0 Å². The summed E-state index contributed by atoms with van der Waals surface area (Å²) in [4.78, 5) is 4.81. The van der Waals surface area contributed by atoms with Gasteiger partial charge < -0.3 is 10.6 Å². The Morgan fingerprint density at radius 3 is 2.31 bits per heavy atom. The second kappa shape index (κ2) is 10.5. The molecule has 2 N–H and O–H groups in total. The third kappa shape index (κ3) is 7.17. The highest BCUT2D eigenvalue weighted by Gasteiger charge is 2.28. The highest BCUT2D eigenvalue weighted by Crippen LogP contribution is 2.24. The third-order valence-electron chi connectivity index (χ3n) is 6.06. The van der Waals surface area contributed by atoms with Crippen molar-refractivity contribution in [2.75, 3.05) is 18.1 Å². The molecule has 0 aromatic carbocycles. The van der Waals surface area contributed by atoms with E-state index in [2.05, 4.69) is 17.6 Å². The first-order valence-electron chi connectivity index (χ1n) is 10.3. The van der Waals surface area contributed by atoms with Gasteiger partial charge in [0.25, 0.3) is 0 Å². The SMILES string of the molecule is CC1CCCC(NC(=NCC2CCS(=O)(=O)C2)NC2CCCCC2)C1.I. The van der Waals surface area contributed by atoms with E-state index in [1.165, 1.54) is 57.8 Å². The summed E-state index contributed by atoms with van der Waals surface area (Å²) < 4.78 is 23.4. The molecule has 5 nitrogen and oxygen atoms in total. The average Bonchev–Trinajstić information content (AvgIpc) is 2.93. The molecule has 3 fully saturated rings. The maximum absolute atomic E-state index is 11.7. The van der Waals surface area contributed by atoms with Crippen molar-refractivity contribution >= 4 is 39.8 Å². The first-order valence-corrected chi connectivity index (χ1v) is 12.1. The van der Waals surface area contributed by atoms with Crippen LogP contribution in [0.5, 0.6) is 0 Å². The number of hydrogen-bond donors (Lipinski definition) is 2. The molecule has 3 rings (SSSR count). The van der Waals surface area contributed by atoms with Crippen LogP contribution in [0, 0.1) is 11.8 Å². The predicted octanol–water partition coefficient (Wildman–Crippen LogP) is 3.49. The zero-order chi connectivity index (χ0) is 17.7. The summed E-state index contributed by atoms with van der Waals surface area (Å²) in [6, 6.07) is 1.03. The van der Waals surface area contributed by atoms with Crippen molar-refractivity contribution in [2.24, 2.45) is 16.8 Å². The van der Waals surface area contributed by atoms with E-state index in [1.807, 2.05) is 0 Å². The highest BCUT2D eigenvalue weighted by molar-refractivity contribution is 14.0. The molecule has 0 spiro atoms. The van der Waals surface area contributed by atoms with Crippen LogP contribution in [0.25, 0.3) is 0 Å². The van der Waals surface area contributed by atoms with Crippen molar-refractivity contribution < 1.29 is 8.42 Å². The minimum Gasteiger partial charge on any atom is -0.354 e. The van der Waals surface area contributed by atoms with Crippen LogP contribution >= 0.6 is 24.0 Å². The Morgan fingerprint density at radius 1 is 0.962 bits per heavy atom. The number of halogens is 1. The molecular formula is C19H36IN3O2S. The lowest BCUT2D eigenvalue weighted by molar-refractivity contribution is 0.321. The lowest BCUT2D eigenvalue weighted by atomic mass is 9.87. The highest BCUT2D eigenvalue weighted by atomic mass is 127. The van der Waals surface area contributed by atoms with Gasteiger partial charge in [-0.1, -0.05) is 39.0 Å². The van der Waals surface area contributed by atoms with Crippen LogP contribution in [0.3, 0.4) is 0 Å². The van der Waals surface area contributed by atoms with Crippen molar-refractivity contribution in [1.82, 2.24) is 10.6 Å². The molecule has 0 bridgehead atoms. The van der Waals surface area contributed by atoms with E-state index in [0.717, 1.165) is 18.3 Å². The van der Waals surface area contributed by atoms with Crippen LogP contribution in [0.4, 0.5) is 0 Å². The van der Waals surface area contributed by atoms with E-state index in [9.17, 15) is 8.42 Å². The number of hydrogen-bond acceptors (Lipinski definition) is 3. The Labute approximate surface area is 176 Å². The Morgan fingerprint density at radius 2 is 1.65 bits per heavy atom. The van der Waals surface area contributed by atoms with Gasteiger partial charge in [-0.2, -0.15) is 0 Å². The molecule has 1 heterocycles. The number of guanidine groups is 1. The monoisotopic (exact) mass is 497 g/mol. The maximum atomic E-state index is 11.7. The first kappa shape index (κ1) is 22.2. The Hall–Kier alpha value is -0.0500. The molecule has 0 aromatic heterocycles. The Kier molecular flexibility index (Phi) is 8.97. The molecule has 1 saturated heterocycles. The van der Waals surface area contributed by atoms with Crippen molar-refractivity contribution in [3.63, 3.8) is 0 Å². The van der Waals surface area contributed by atoms with Gasteiger partial charge in [-0.25, -0.2) is 8.42 Å². The minimum absolute atomic E-state index is 0. The van der Waals surface area contributed by atoms with Gasteiger partial charge in [-0.15, -0.1) is 24.0 Å². The molecular weight excluding hydrogens is 461 g/mol. The Balaban J connectivity index is 0.00000243. The van der Waals surface area contributed by atoms with Crippen LogP contribution in [-0.2, 0) is 9.84 Å². The van der Waals surface area contributed by atoms with E-state index >= 15 is 0 Å². The normalized spacial score (nSPS) is 32.7. The van der Waals surface area contributed by atoms with Crippen LogP contribution in [0.15, 0.2) is 4.99 Å². The fraction of sp³-hybridized carbons (Fsp3) is 0.947. The molecule has 2 saturated carbocycles. The summed E-state index contributed by atoms with van der Waals surface area (Å²) in [5, 5.41) is 7.32. The summed E-state index contributed by atoms with van der Waals surface area (Å²) in [5.41, 5.74) is 0. The molecule has 1 aliphatic heterocycles. The molecule has 26 heavy (non-hydrogen) atoms. The predicted molar refractivity (Wildman–Crippen MR) is 119 cm³/mol. The second-order valence-electron chi connectivity index (χ2n) is 8.55. The zero-order valence-corrected chi connectivity index (χ0v) is 19.2. The second-order valence-corrected chi connectivity index (χ2v) is 10.8. The van der Waals surface area contributed by atoms with Gasteiger partial charge in [0.15, 0.2) is 15.8 Å². The third-order valence-corrected chi connectivity index (χ3v) is 7.89. The molecule has 0 amide bonds. The molecule has 3 unspecified atom stereocenters. The van der Waals surface area contributed by atoms with Crippen molar-refractivity contribution in [1.29, 1.82) is 0 Å². The summed E-state index contributed by atoms with van der Waals surface area (Å²) in [6.45, 7) is 2.96. The summed E-state index contributed by atoms with van der Waals surface area (Å²) in [7, 11) is -2.82. The van der Waals surface area contributed by atoms with E-state index in [0.29, 0.717) is 30.1 Å². The number of aliphatic imine (C=N–C) groups is 1. The minimum atomic E-state index is -2.82. The smallest absolute Gasteiger partial charge is 0.191 e. The van der Waals surface area contributed by atoms with Crippen LogP contribution < -0.4 is 10.6 Å². The lowest BCUT2D eigenvalue weighted by Gasteiger charge is -2.31. The van der Waals surface area contributed by atoms with Gasteiger partial charge in [0.2, 0.25) is 0 Å². The van der Waals surface area contributed by atoms with Crippen molar-refractivity contribution in [3.8, 4) is 0 Å². The van der Waals surface area contributed by atoms with Crippen molar-refractivity contribution in [3.05, 3.63) is 0 Å². The molecule has 3 atom stereocenters. The topological polar surface area (TPSA) is 70.6 Å². The lowest BCUT2D eigenvalue weighted by Crippen LogP contribution is -2.49. The number of nitrogens with zero attached hydrogens (tertiary/aromatic N) is 1. The molecule has 2 aliphatic carbocycles. The van der Waals surface area contributed by atoms with Gasteiger partial charge in [0.1, 0.15) is 0 Å². The van der Waals surface area contributed by atoms with Gasteiger partial charge in [-0.3, -0.25) is 4.99 Å². The van der Waals surface area contributed by atoms with E-state index in [4.69, 9.17) is 4.99 Å². The van der Waals surface area contributed by atoms with Gasteiger partial charge >= 0.3 is 0 Å². The molecule has 0 radical (unpaired) electrons. The van der Waals surface area contributed by atoms with E-state index < -0.39 is 9.84 Å². The molecule has 0 aromatic rings. The Bertz CT molecular complexity index is 561. The molecule has 3 aliphatic rings. The van der Waals surface area contributed by atoms with E-state index in [-0.39, 0.29) is 29.9 Å². The van der Waals surface area contributed by atoms with Crippen LogP contribution in [0.2, 0.25) is 0 Å². The maximum Gasteiger partial charge on any atom is 0.191 e. The van der Waals surface area contributed by atoms with Crippen LogP contribution in [0.1, 0.15) is 71.1 Å². The molecule has 7 heteroatoms. The van der Waals surface area contributed by atoms with Gasteiger partial charge in [0.05, 0.1) is 11.5 Å². The quantitative estimate of drug-likeness (QED) is 0.355. The largest absolute Gasteiger partial charge is 0.354 e. The van der Waals surface area contributed by atoms with Gasteiger partial charge in [-0.05, 0) is 43.9 Å². The number of sulfone groups is 1. The fourth-order valence-electron chi connectivity index (χ4n) is 4.57. The van der Waals surface area contributed by atoms with Crippen LogP contribution in [-0.4, -0.2) is 44.5 Å². The first-order chi connectivity index (χ1) is 12.0.